The van der Waals surface area contributed by atoms with Crippen molar-refractivity contribution in [3.05, 3.63) is 29.8 Å². The van der Waals surface area contributed by atoms with Crippen LogP contribution in [-0.2, 0) is 4.79 Å². The van der Waals surface area contributed by atoms with Gasteiger partial charge in [0.05, 0.1) is 6.61 Å². The molecule has 116 valence electrons. The summed E-state index contributed by atoms with van der Waals surface area (Å²) < 4.78 is 31.2. The largest absolute Gasteiger partial charge is 0.491 e. The predicted molar refractivity (Wildman–Crippen MR) is 74.8 cm³/mol. The maximum absolute atomic E-state index is 13.3. The number of rotatable bonds is 6. The van der Waals surface area contributed by atoms with E-state index in [1.54, 1.807) is 0 Å². The maximum atomic E-state index is 13.3. The van der Waals surface area contributed by atoms with E-state index in [1.807, 2.05) is 4.90 Å². The van der Waals surface area contributed by atoms with Gasteiger partial charge in [-0.1, -0.05) is 0 Å². The predicted octanol–water partition coefficient (Wildman–Crippen LogP) is 1.93. The zero-order chi connectivity index (χ0) is 15.2. The Bertz CT molecular complexity index is 497. The summed E-state index contributed by atoms with van der Waals surface area (Å²) in [7, 11) is 0. The zero-order valence-corrected chi connectivity index (χ0v) is 11.9. The van der Waals surface area contributed by atoms with E-state index >= 15 is 0 Å². The Balaban J connectivity index is 1.69. The number of carbonyl (C=O) groups excluding carboxylic acids is 1. The van der Waals surface area contributed by atoms with Crippen LogP contribution in [0.2, 0.25) is 0 Å². The fraction of sp³-hybridized carbons (Fsp3) is 0.533. The SMILES string of the molecule is NC[C@H]1CCN(C(=O)CCCOc2ccc(F)cc2F)C1. The summed E-state index contributed by atoms with van der Waals surface area (Å²) in [5.74, 6) is -0.883. The van der Waals surface area contributed by atoms with Crippen molar-refractivity contribution in [2.45, 2.75) is 19.3 Å². The van der Waals surface area contributed by atoms with Gasteiger partial charge in [-0.3, -0.25) is 4.79 Å². The van der Waals surface area contributed by atoms with Crippen LogP contribution >= 0.6 is 0 Å². The number of nitrogens with two attached hydrogens (primary N) is 1. The fourth-order valence-electron chi connectivity index (χ4n) is 2.41. The number of benzene rings is 1. The minimum absolute atomic E-state index is 0.00761. The third-order valence-corrected chi connectivity index (χ3v) is 3.66. The van der Waals surface area contributed by atoms with Crippen LogP contribution in [0.5, 0.6) is 5.75 Å². The van der Waals surface area contributed by atoms with E-state index in [1.165, 1.54) is 6.07 Å². The van der Waals surface area contributed by atoms with E-state index < -0.39 is 11.6 Å². The molecule has 1 aliphatic rings. The highest BCUT2D eigenvalue weighted by Crippen LogP contribution is 2.19. The molecule has 0 bridgehead atoms. The molecule has 1 heterocycles. The highest BCUT2D eigenvalue weighted by atomic mass is 19.1. The number of carbonyl (C=O) groups is 1. The first-order chi connectivity index (χ1) is 10.1. The second-order valence-corrected chi connectivity index (χ2v) is 5.26. The highest BCUT2D eigenvalue weighted by molar-refractivity contribution is 5.76. The van der Waals surface area contributed by atoms with Crippen molar-refractivity contribution in [3.63, 3.8) is 0 Å². The van der Waals surface area contributed by atoms with Crippen LogP contribution in [0, 0.1) is 17.6 Å². The van der Waals surface area contributed by atoms with Crippen LogP contribution < -0.4 is 10.5 Å². The molecule has 2 rings (SSSR count). The second-order valence-electron chi connectivity index (χ2n) is 5.26. The number of hydrogen-bond donors (Lipinski definition) is 1. The smallest absolute Gasteiger partial charge is 0.222 e. The number of halogens is 2. The van der Waals surface area contributed by atoms with Gasteiger partial charge in [0, 0.05) is 25.6 Å². The average molecular weight is 298 g/mol. The molecule has 0 aromatic heterocycles. The number of ether oxygens (including phenoxy) is 1. The Hall–Kier alpha value is -1.69. The Morgan fingerprint density at radius 3 is 2.90 bits per heavy atom. The summed E-state index contributed by atoms with van der Waals surface area (Å²) in [4.78, 5) is 13.8. The number of nitrogens with zero attached hydrogens (tertiary/aromatic N) is 1. The summed E-state index contributed by atoms with van der Waals surface area (Å²) in [6, 6.07) is 3.16. The van der Waals surface area contributed by atoms with Crippen LogP contribution in [0.4, 0.5) is 8.78 Å². The first-order valence-corrected chi connectivity index (χ1v) is 7.16. The van der Waals surface area contributed by atoms with E-state index in [0.29, 0.717) is 25.3 Å². The van der Waals surface area contributed by atoms with Crippen LogP contribution in [0.3, 0.4) is 0 Å². The van der Waals surface area contributed by atoms with E-state index in [-0.39, 0.29) is 18.3 Å². The lowest BCUT2D eigenvalue weighted by Gasteiger charge is -2.16. The third kappa shape index (κ3) is 4.39. The van der Waals surface area contributed by atoms with Gasteiger partial charge in [-0.2, -0.15) is 0 Å². The van der Waals surface area contributed by atoms with Gasteiger partial charge in [-0.05, 0) is 37.4 Å². The maximum Gasteiger partial charge on any atom is 0.222 e. The number of amides is 1. The second kappa shape index (κ2) is 7.36. The summed E-state index contributed by atoms with van der Waals surface area (Å²) >= 11 is 0. The quantitative estimate of drug-likeness (QED) is 0.817. The molecule has 6 heteroatoms. The lowest BCUT2D eigenvalue weighted by molar-refractivity contribution is -0.130. The molecular formula is C15H20F2N2O2. The van der Waals surface area contributed by atoms with Crippen molar-refractivity contribution in [2.24, 2.45) is 11.7 Å². The minimum atomic E-state index is -0.730. The van der Waals surface area contributed by atoms with Gasteiger partial charge in [0.25, 0.3) is 0 Å². The molecular weight excluding hydrogens is 278 g/mol. The van der Waals surface area contributed by atoms with Crippen molar-refractivity contribution < 1.29 is 18.3 Å². The fourth-order valence-corrected chi connectivity index (χ4v) is 2.41. The Morgan fingerprint density at radius 2 is 2.24 bits per heavy atom. The molecule has 1 aromatic rings. The average Bonchev–Trinajstić information content (AvgIpc) is 2.94. The van der Waals surface area contributed by atoms with Gasteiger partial charge in [-0.25, -0.2) is 8.78 Å². The van der Waals surface area contributed by atoms with Gasteiger partial charge in [0.15, 0.2) is 11.6 Å². The molecule has 21 heavy (non-hydrogen) atoms. The van der Waals surface area contributed by atoms with Gasteiger partial charge in [-0.15, -0.1) is 0 Å². The molecule has 0 radical (unpaired) electrons. The lowest BCUT2D eigenvalue weighted by atomic mass is 10.1. The topological polar surface area (TPSA) is 55.6 Å². The molecule has 1 atom stereocenters. The minimum Gasteiger partial charge on any atom is -0.491 e. The van der Waals surface area contributed by atoms with Crippen LogP contribution in [0.1, 0.15) is 19.3 Å². The van der Waals surface area contributed by atoms with Gasteiger partial charge >= 0.3 is 0 Å². The van der Waals surface area contributed by atoms with Crippen LogP contribution in [0.15, 0.2) is 18.2 Å². The summed E-state index contributed by atoms with van der Waals surface area (Å²) in [5, 5.41) is 0. The summed E-state index contributed by atoms with van der Waals surface area (Å²) in [5.41, 5.74) is 5.59. The molecule has 0 saturated carbocycles. The molecule has 1 amide bonds. The molecule has 4 nitrogen and oxygen atoms in total. The molecule has 0 spiro atoms. The number of hydrogen-bond acceptors (Lipinski definition) is 3. The normalized spacial score (nSPS) is 18.0. The third-order valence-electron chi connectivity index (χ3n) is 3.66. The first-order valence-electron chi connectivity index (χ1n) is 7.16. The van der Waals surface area contributed by atoms with E-state index in [0.717, 1.165) is 31.6 Å². The van der Waals surface area contributed by atoms with E-state index in [9.17, 15) is 13.6 Å². The van der Waals surface area contributed by atoms with Gasteiger partial charge < -0.3 is 15.4 Å². The van der Waals surface area contributed by atoms with Gasteiger partial charge in [0.2, 0.25) is 5.91 Å². The van der Waals surface area contributed by atoms with Crippen molar-refractivity contribution in [1.82, 2.24) is 4.90 Å². The molecule has 1 fully saturated rings. The molecule has 1 saturated heterocycles. The zero-order valence-electron chi connectivity index (χ0n) is 11.9. The van der Waals surface area contributed by atoms with Crippen molar-refractivity contribution in [2.75, 3.05) is 26.2 Å². The first kappa shape index (κ1) is 15.7. The summed E-state index contributed by atoms with van der Waals surface area (Å²) in [6.45, 7) is 2.32. The molecule has 1 aliphatic heterocycles. The highest BCUT2D eigenvalue weighted by Gasteiger charge is 2.24. The Labute approximate surface area is 122 Å². The molecule has 0 aliphatic carbocycles. The van der Waals surface area contributed by atoms with Gasteiger partial charge in [0.1, 0.15) is 5.82 Å². The Morgan fingerprint density at radius 1 is 1.43 bits per heavy atom. The molecule has 1 aromatic carbocycles. The van der Waals surface area contributed by atoms with Crippen molar-refractivity contribution >= 4 is 5.91 Å². The van der Waals surface area contributed by atoms with E-state index in [2.05, 4.69) is 0 Å². The summed E-state index contributed by atoms with van der Waals surface area (Å²) in [6.07, 6.45) is 1.82. The van der Waals surface area contributed by atoms with Crippen molar-refractivity contribution in [1.29, 1.82) is 0 Å². The molecule has 2 N–H and O–H groups in total. The number of likely N-dealkylation sites (tertiary alicyclic amines) is 1. The van der Waals surface area contributed by atoms with E-state index in [4.69, 9.17) is 10.5 Å². The molecule has 0 unspecified atom stereocenters. The lowest BCUT2D eigenvalue weighted by Crippen LogP contribution is -2.29. The monoisotopic (exact) mass is 298 g/mol. The Kier molecular flexibility index (Phi) is 5.50. The van der Waals surface area contributed by atoms with Crippen molar-refractivity contribution in [3.8, 4) is 5.75 Å². The standard InChI is InChI=1S/C15H20F2N2O2/c16-12-3-4-14(13(17)8-12)21-7-1-2-15(20)19-6-5-11(9-18)10-19/h3-4,8,11H,1-2,5-7,9-10,18H2/t11-/m1/s1. The van der Waals surface area contributed by atoms with Crippen LogP contribution in [-0.4, -0.2) is 37.0 Å². The van der Waals surface area contributed by atoms with Crippen LogP contribution in [0.25, 0.3) is 0 Å².